The molecule has 5 nitrogen and oxygen atoms in total. The zero-order chi connectivity index (χ0) is 13.0. The lowest BCUT2D eigenvalue weighted by Crippen LogP contribution is -2.51. The minimum atomic E-state index is -0.0539. The number of nitrogens with zero attached hydrogens (tertiary/aromatic N) is 2. The van der Waals surface area contributed by atoms with Crippen LogP contribution in [0.15, 0.2) is 30.3 Å². The van der Waals surface area contributed by atoms with Crippen molar-refractivity contribution in [3.63, 3.8) is 0 Å². The lowest BCUT2D eigenvalue weighted by Gasteiger charge is -2.34. The Morgan fingerprint density at radius 3 is 2.11 bits per heavy atom. The van der Waals surface area contributed by atoms with E-state index in [1.165, 1.54) is 0 Å². The molecule has 0 aromatic heterocycles. The molecule has 1 aromatic rings. The van der Waals surface area contributed by atoms with Crippen molar-refractivity contribution in [2.45, 2.75) is 0 Å². The highest BCUT2D eigenvalue weighted by Gasteiger charge is 2.23. The number of hydrogen-bond acceptors (Lipinski definition) is 3. The second kappa shape index (κ2) is 5.64. The van der Waals surface area contributed by atoms with Gasteiger partial charge in [0.15, 0.2) is 0 Å². The second-order valence-corrected chi connectivity index (χ2v) is 4.24. The van der Waals surface area contributed by atoms with E-state index in [1.807, 2.05) is 18.2 Å². The SMILES string of the molecule is NCC(=O)N1CCN(C(=O)c2ccccc2)CC1. The highest BCUT2D eigenvalue weighted by atomic mass is 16.2. The van der Waals surface area contributed by atoms with Crippen LogP contribution in [0, 0.1) is 0 Å². The zero-order valence-corrected chi connectivity index (χ0v) is 10.2. The minimum absolute atomic E-state index is 0.0236. The Hall–Kier alpha value is -1.88. The van der Waals surface area contributed by atoms with Crippen LogP contribution in [0.5, 0.6) is 0 Å². The van der Waals surface area contributed by atoms with Gasteiger partial charge in [0, 0.05) is 31.7 Å². The molecule has 18 heavy (non-hydrogen) atoms. The van der Waals surface area contributed by atoms with Crippen LogP contribution in [0.2, 0.25) is 0 Å². The number of benzene rings is 1. The summed E-state index contributed by atoms with van der Waals surface area (Å²) in [4.78, 5) is 27.0. The molecule has 2 rings (SSSR count). The van der Waals surface area contributed by atoms with Gasteiger partial charge in [-0.05, 0) is 12.1 Å². The van der Waals surface area contributed by atoms with Gasteiger partial charge >= 0.3 is 0 Å². The molecule has 1 aliphatic heterocycles. The topological polar surface area (TPSA) is 66.6 Å². The molecule has 2 amide bonds. The molecule has 1 fully saturated rings. The van der Waals surface area contributed by atoms with Gasteiger partial charge in [0.2, 0.25) is 5.91 Å². The van der Waals surface area contributed by atoms with E-state index in [0.717, 1.165) is 0 Å². The molecule has 2 N–H and O–H groups in total. The third kappa shape index (κ3) is 2.68. The van der Waals surface area contributed by atoms with Crippen LogP contribution in [0.3, 0.4) is 0 Å². The van der Waals surface area contributed by atoms with Crippen LogP contribution in [0.25, 0.3) is 0 Å². The molecule has 0 atom stereocenters. The summed E-state index contributed by atoms with van der Waals surface area (Å²) in [6.07, 6.45) is 0. The van der Waals surface area contributed by atoms with Crippen molar-refractivity contribution in [3.8, 4) is 0 Å². The molecule has 1 saturated heterocycles. The highest BCUT2D eigenvalue weighted by Crippen LogP contribution is 2.08. The standard InChI is InChI=1S/C13H17N3O2/c14-10-12(17)15-6-8-16(9-7-15)13(18)11-4-2-1-3-5-11/h1-5H,6-10,14H2. The van der Waals surface area contributed by atoms with Gasteiger partial charge in [0.1, 0.15) is 0 Å². The van der Waals surface area contributed by atoms with Gasteiger partial charge in [-0.2, -0.15) is 0 Å². The van der Waals surface area contributed by atoms with E-state index < -0.39 is 0 Å². The first kappa shape index (κ1) is 12.6. The van der Waals surface area contributed by atoms with Crippen molar-refractivity contribution in [3.05, 3.63) is 35.9 Å². The van der Waals surface area contributed by atoms with Crippen molar-refractivity contribution in [1.29, 1.82) is 0 Å². The minimum Gasteiger partial charge on any atom is -0.338 e. The van der Waals surface area contributed by atoms with Crippen molar-refractivity contribution in [1.82, 2.24) is 9.80 Å². The van der Waals surface area contributed by atoms with E-state index in [2.05, 4.69) is 0 Å². The number of carbonyl (C=O) groups is 2. The number of nitrogens with two attached hydrogens (primary N) is 1. The Kier molecular flexibility index (Phi) is 3.94. The predicted octanol–water partition coefficient (Wildman–Crippen LogP) is -0.0703. The molecule has 1 aliphatic rings. The quantitative estimate of drug-likeness (QED) is 0.795. The Labute approximate surface area is 106 Å². The molecule has 0 bridgehead atoms. The largest absolute Gasteiger partial charge is 0.338 e. The van der Waals surface area contributed by atoms with Crippen molar-refractivity contribution in [2.24, 2.45) is 5.73 Å². The van der Waals surface area contributed by atoms with Gasteiger partial charge in [0.25, 0.3) is 5.91 Å². The highest BCUT2D eigenvalue weighted by molar-refractivity contribution is 5.94. The lowest BCUT2D eigenvalue weighted by molar-refractivity contribution is -0.131. The molecular weight excluding hydrogens is 230 g/mol. The molecule has 0 spiro atoms. The van der Waals surface area contributed by atoms with Crippen molar-refractivity contribution in [2.75, 3.05) is 32.7 Å². The molecule has 5 heteroatoms. The molecule has 1 heterocycles. The summed E-state index contributed by atoms with van der Waals surface area (Å²) in [5, 5.41) is 0. The van der Waals surface area contributed by atoms with Crippen LogP contribution < -0.4 is 5.73 Å². The van der Waals surface area contributed by atoms with Gasteiger partial charge in [-0.3, -0.25) is 9.59 Å². The number of carbonyl (C=O) groups excluding carboxylic acids is 2. The zero-order valence-electron chi connectivity index (χ0n) is 10.2. The molecular formula is C13H17N3O2. The van der Waals surface area contributed by atoms with Gasteiger partial charge in [-0.1, -0.05) is 18.2 Å². The molecule has 0 radical (unpaired) electrons. The van der Waals surface area contributed by atoms with Crippen LogP contribution >= 0.6 is 0 Å². The Morgan fingerprint density at radius 2 is 1.56 bits per heavy atom. The average molecular weight is 247 g/mol. The summed E-state index contributed by atoms with van der Waals surface area (Å²) in [6.45, 7) is 2.30. The number of amides is 2. The van der Waals surface area contributed by atoms with E-state index in [-0.39, 0.29) is 18.4 Å². The Balaban J connectivity index is 1.94. The molecule has 0 saturated carbocycles. The fraction of sp³-hybridized carbons (Fsp3) is 0.385. The molecule has 1 aromatic carbocycles. The molecule has 0 aliphatic carbocycles. The number of piperazine rings is 1. The van der Waals surface area contributed by atoms with Crippen molar-refractivity contribution < 1.29 is 9.59 Å². The van der Waals surface area contributed by atoms with Crippen molar-refractivity contribution >= 4 is 11.8 Å². The fourth-order valence-electron chi connectivity index (χ4n) is 2.05. The summed E-state index contributed by atoms with van der Waals surface area (Å²) in [5.74, 6) is -0.0303. The average Bonchev–Trinajstić information content (AvgIpc) is 2.47. The summed E-state index contributed by atoms with van der Waals surface area (Å²) in [7, 11) is 0. The fourth-order valence-corrected chi connectivity index (χ4v) is 2.05. The smallest absolute Gasteiger partial charge is 0.253 e. The van der Waals surface area contributed by atoms with Gasteiger partial charge in [-0.15, -0.1) is 0 Å². The first-order chi connectivity index (χ1) is 8.72. The first-order valence-electron chi connectivity index (χ1n) is 6.04. The molecule has 96 valence electrons. The lowest BCUT2D eigenvalue weighted by atomic mass is 10.2. The summed E-state index contributed by atoms with van der Waals surface area (Å²) in [5.41, 5.74) is 6.01. The maximum atomic E-state index is 12.1. The van der Waals surface area contributed by atoms with Gasteiger partial charge in [-0.25, -0.2) is 0 Å². The van der Waals surface area contributed by atoms with E-state index in [0.29, 0.717) is 31.7 Å². The summed E-state index contributed by atoms with van der Waals surface area (Å²) < 4.78 is 0. The summed E-state index contributed by atoms with van der Waals surface area (Å²) >= 11 is 0. The maximum Gasteiger partial charge on any atom is 0.253 e. The third-order valence-electron chi connectivity index (χ3n) is 3.11. The normalized spacial score (nSPS) is 15.6. The predicted molar refractivity (Wildman–Crippen MR) is 68.0 cm³/mol. The monoisotopic (exact) mass is 247 g/mol. The van der Waals surface area contributed by atoms with E-state index >= 15 is 0 Å². The number of rotatable bonds is 2. The van der Waals surface area contributed by atoms with Crippen LogP contribution in [-0.4, -0.2) is 54.3 Å². The Bertz CT molecular complexity index is 425. The first-order valence-corrected chi connectivity index (χ1v) is 6.04. The van der Waals surface area contributed by atoms with E-state index in [9.17, 15) is 9.59 Å². The van der Waals surface area contributed by atoms with Crippen LogP contribution in [0.1, 0.15) is 10.4 Å². The van der Waals surface area contributed by atoms with Gasteiger partial charge in [0.05, 0.1) is 6.54 Å². The molecule has 0 unspecified atom stereocenters. The summed E-state index contributed by atoms with van der Waals surface area (Å²) in [6, 6.07) is 9.19. The number of hydrogen-bond donors (Lipinski definition) is 1. The Morgan fingerprint density at radius 1 is 1.00 bits per heavy atom. The maximum absolute atomic E-state index is 12.1. The van der Waals surface area contributed by atoms with Crippen LogP contribution in [-0.2, 0) is 4.79 Å². The van der Waals surface area contributed by atoms with E-state index in [4.69, 9.17) is 5.73 Å². The third-order valence-corrected chi connectivity index (χ3v) is 3.11. The van der Waals surface area contributed by atoms with Gasteiger partial charge < -0.3 is 15.5 Å². The second-order valence-electron chi connectivity index (χ2n) is 4.24. The van der Waals surface area contributed by atoms with Crippen LogP contribution in [0.4, 0.5) is 0 Å². The van der Waals surface area contributed by atoms with E-state index in [1.54, 1.807) is 21.9 Å².